The molecule has 2 aliphatic heterocycles. The summed E-state index contributed by atoms with van der Waals surface area (Å²) in [5.41, 5.74) is 0.552. The number of amides is 4. The summed E-state index contributed by atoms with van der Waals surface area (Å²) in [6, 6.07) is 3.77. The Morgan fingerprint density at radius 2 is 1.82 bits per heavy atom. The zero-order valence-corrected chi connectivity index (χ0v) is 25.0. The summed E-state index contributed by atoms with van der Waals surface area (Å²) in [6.07, 6.45) is 7.51. The number of ketones is 1. The van der Waals surface area contributed by atoms with Crippen molar-refractivity contribution >= 4 is 40.3 Å². The van der Waals surface area contributed by atoms with Crippen LogP contribution in [0.5, 0.6) is 5.75 Å². The highest BCUT2D eigenvalue weighted by atomic mass is 19.3. The van der Waals surface area contributed by atoms with Gasteiger partial charge in [0.1, 0.15) is 17.5 Å². The smallest absolute Gasteiger partial charge is 0.387 e. The van der Waals surface area contributed by atoms with Gasteiger partial charge in [-0.3, -0.25) is 24.0 Å². The number of nitrogens with one attached hydrogen (secondary N) is 4. The van der Waals surface area contributed by atoms with Gasteiger partial charge in [-0.15, -0.1) is 0 Å². The molecular weight excluding hydrogens is 588 g/mol. The molecule has 0 unspecified atom stereocenters. The number of hydrogen-bond acceptors (Lipinski definition) is 6. The summed E-state index contributed by atoms with van der Waals surface area (Å²) in [4.78, 5) is 71.5. The number of carbonyl (C=O) groups excluding carboxylic acids is 5. The number of aromatic nitrogens is 1. The highest BCUT2D eigenvalue weighted by molar-refractivity contribution is 6.38. The van der Waals surface area contributed by atoms with E-state index in [-0.39, 0.29) is 41.6 Å². The molecule has 4 aliphatic rings. The van der Waals surface area contributed by atoms with Crippen LogP contribution in [-0.2, 0) is 19.2 Å². The van der Waals surface area contributed by atoms with Crippen molar-refractivity contribution in [1.82, 2.24) is 25.8 Å². The van der Waals surface area contributed by atoms with Crippen LogP contribution in [0.25, 0.3) is 10.9 Å². The van der Waals surface area contributed by atoms with Gasteiger partial charge in [-0.2, -0.15) is 8.78 Å². The zero-order valence-electron chi connectivity index (χ0n) is 25.0. The van der Waals surface area contributed by atoms with Gasteiger partial charge in [0.25, 0.3) is 11.8 Å². The summed E-state index contributed by atoms with van der Waals surface area (Å²) < 4.78 is 30.6. The molecule has 13 heteroatoms. The second-order valence-electron chi connectivity index (χ2n) is 12.8. The molecule has 6 rings (SSSR count). The van der Waals surface area contributed by atoms with Crippen LogP contribution in [0.3, 0.4) is 0 Å². The van der Waals surface area contributed by atoms with Crippen molar-refractivity contribution in [3.05, 3.63) is 30.0 Å². The van der Waals surface area contributed by atoms with Gasteiger partial charge >= 0.3 is 6.61 Å². The van der Waals surface area contributed by atoms with E-state index >= 15 is 0 Å². The summed E-state index contributed by atoms with van der Waals surface area (Å²) in [5, 5.41) is 8.67. The van der Waals surface area contributed by atoms with Gasteiger partial charge in [0.15, 0.2) is 0 Å². The van der Waals surface area contributed by atoms with Gasteiger partial charge in [0.2, 0.25) is 17.6 Å². The van der Waals surface area contributed by atoms with Crippen LogP contribution in [-0.4, -0.2) is 77.1 Å². The highest BCUT2D eigenvalue weighted by Crippen LogP contribution is 2.43. The Bertz CT molecular complexity index is 1470. The van der Waals surface area contributed by atoms with Gasteiger partial charge < -0.3 is 30.6 Å². The number of nitrogens with zero attached hydrogens (tertiary/aromatic N) is 1. The first-order valence-electron chi connectivity index (χ1n) is 16.0. The third kappa shape index (κ3) is 6.53. The second-order valence-corrected chi connectivity index (χ2v) is 12.8. The van der Waals surface area contributed by atoms with E-state index in [2.05, 4.69) is 25.7 Å². The molecule has 2 saturated heterocycles. The standard InChI is InChI=1S/C32H39F2N5O6/c33-32(34)45-25-11-5-10-22-21(25)15-24(37-22)31(44)39-16-18-6-4-9-20(18)26(39)29(42)38-23(14-17-12-13-35-28(17)41)27(40)30(43)36-19-7-2-1-3-8-19/h5,10-11,15,17-20,23,26,32,37H,1-4,6-9,12-14,16H2,(H,35,41)(H,36,43)(H,38,42)/t17-,18-,20-,23-,26-/m0/s1. The molecule has 4 N–H and O–H groups in total. The van der Waals surface area contributed by atoms with Gasteiger partial charge in [0.05, 0.1) is 6.04 Å². The molecule has 2 saturated carbocycles. The summed E-state index contributed by atoms with van der Waals surface area (Å²) in [7, 11) is 0. The normalized spacial score (nSPS) is 25.7. The fraction of sp³-hybridized carbons (Fsp3) is 0.594. The van der Waals surface area contributed by atoms with E-state index in [1.54, 1.807) is 6.07 Å². The predicted octanol–water partition coefficient (Wildman–Crippen LogP) is 3.04. The molecule has 11 nitrogen and oxygen atoms in total. The SMILES string of the molecule is O=C(NC1CCCCC1)C(=O)[C@H](C[C@@H]1CCNC1=O)NC(=O)[C@@H]1[C@H]2CCC[C@H]2CN1C(=O)c1cc2c(OC(F)F)cccc2[nH]1. The first-order valence-corrected chi connectivity index (χ1v) is 16.0. The molecule has 0 bridgehead atoms. The number of halogens is 2. The fourth-order valence-electron chi connectivity index (χ4n) is 7.75. The van der Waals surface area contributed by atoms with Gasteiger partial charge in [-0.1, -0.05) is 31.7 Å². The van der Waals surface area contributed by atoms with Crippen LogP contribution in [0.2, 0.25) is 0 Å². The van der Waals surface area contributed by atoms with Gasteiger partial charge in [-0.25, -0.2) is 0 Å². The summed E-state index contributed by atoms with van der Waals surface area (Å²) >= 11 is 0. The van der Waals surface area contributed by atoms with Crippen molar-refractivity contribution in [2.75, 3.05) is 13.1 Å². The molecule has 0 spiro atoms. The Hall–Kier alpha value is -4.03. The number of benzene rings is 1. The number of aromatic amines is 1. The van der Waals surface area contributed by atoms with Gasteiger partial charge in [0, 0.05) is 36.0 Å². The molecule has 0 radical (unpaired) electrons. The van der Waals surface area contributed by atoms with Gasteiger partial charge in [-0.05, 0) is 68.6 Å². The van der Waals surface area contributed by atoms with Crippen LogP contribution in [0.15, 0.2) is 24.3 Å². The third-order valence-corrected chi connectivity index (χ3v) is 9.97. The molecule has 3 heterocycles. The van der Waals surface area contributed by atoms with Crippen LogP contribution in [0, 0.1) is 17.8 Å². The monoisotopic (exact) mass is 627 g/mol. The molecule has 2 aromatic rings. The van der Waals surface area contributed by atoms with Crippen LogP contribution >= 0.6 is 0 Å². The number of rotatable bonds is 10. The molecule has 1 aromatic heterocycles. The van der Waals surface area contributed by atoms with E-state index in [1.165, 1.54) is 23.1 Å². The van der Waals surface area contributed by atoms with Crippen molar-refractivity contribution in [2.24, 2.45) is 17.8 Å². The average molecular weight is 628 g/mol. The lowest BCUT2D eigenvalue weighted by Crippen LogP contribution is -2.56. The Labute approximate surface area is 259 Å². The number of hydrogen-bond donors (Lipinski definition) is 4. The molecule has 4 fully saturated rings. The Morgan fingerprint density at radius 3 is 2.56 bits per heavy atom. The first-order chi connectivity index (χ1) is 21.7. The van der Waals surface area contributed by atoms with E-state index in [1.807, 2.05) is 0 Å². The van der Waals surface area contributed by atoms with E-state index < -0.39 is 48.1 Å². The van der Waals surface area contributed by atoms with Crippen molar-refractivity contribution in [1.29, 1.82) is 0 Å². The van der Waals surface area contributed by atoms with Crippen molar-refractivity contribution in [3.8, 4) is 5.75 Å². The minimum Gasteiger partial charge on any atom is -0.434 e. The topological polar surface area (TPSA) is 150 Å². The third-order valence-electron chi connectivity index (χ3n) is 9.97. The minimum atomic E-state index is -3.04. The molecular formula is C32H39F2N5O6. The number of alkyl halides is 2. The number of H-pyrrole nitrogens is 1. The number of ether oxygens (including phenoxy) is 1. The number of likely N-dealkylation sites (tertiary alicyclic amines) is 1. The number of fused-ring (bicyclic) bond motifs is 2. The maximum Gasteiger partial charge on any atom is 0.387 e. The summed E-state index contributed by atoms with van der Waals surface area (Å²) in [5.74, 6) is -3.48. The Morgan fingerprint density at radius 1 is 1.02 bits per heavy atom. The lowest BCUT2D eigenvalue weighted by molar-refractivity contribution is -0.141. The molecule has 5 atom stereocenters. The molecule has 4 amide bonds. The number of Topliss-reactive ketones (excluding diaryl/α,β-unsaturated/α-hetero) is 1. The molecule has 2 aliphatic carbocycles. The fourth-order valence-corrected chi connectivity index (χ4v) is 7.75. The molecule has 1 aromatic carbocycles. The van der Waals surface area contributed by atoms with Crippen LogP contribution in [0.4, 0.5) is 8.78 Å². The average Bonchev–Trinajstić information content (AvgIpc) is 3.81. The van der Waals surface area contributed by atoms with E-state index in [4.69, 9.17) is 0 Å². The maximum atomic E-state index is 14.1. The lowest BCUT2D eigenvalue weighted by Gasteiger charge is -2.29. The Balaban J connectivity index is 1.23. The first kappa shape index (κ1) is 31.0. The van der Waals surface area contributed by atoms with Crippen LogP contribution < -0.4 is 20.7 Å². The second kappa shape index (κ2) is 13.1. The lowest BCUT2D eigenvalue weighted by atomic mass is 9.91. The Kier molecular flexibility index (Phi) is 9.04. The van der Waals surface area contributed by atoms with Crippen molar-refractivity contribution < 1.29 is 37.5 Å². The quantitative estimate of drug-likeness (QED) is 0.298. The molecule has 242 valence electrons. The van der Waals surface area contributed by atoms with E-state index in [9.17, 15) is 32.8 Å². The zero-order chi connectivity index (χ0) is 31.7. The van der Waals surface area contributed by atoms with E-state index in [0.717, 1.165) is 51.4 Å². The van der Waals surface area contributed by atoms with Crippen LogP contribution in [0.1, 0.15) is 74.7 Å². The van der Waals surface area contributed by atoms with Crippen molar-refractivity contribution in [3.63, 3.8) is 0 Å². The maximum absolute atomic E-state index is 14.1. The molecule has 45 heavy (non-hydrogen) atoms. The minimum absolute atomic E-state index is 0.0157. The predicted molar refractivity (Wildman–Crippen MR) is 158 cm³/mol. The number of carbonyl (C=O) groups is 5. The largest absolute Gasteiger partial charge is 0.434 e. The highest BCUT2D eigenvalue weighted by Gasteiger charge is 2.50. The van der Waals surface area contributed by atoms with E-state index in [0.29, 0.717) is 30.4 Å². The van der Waals surface area contributed by atoms with Crippen molar-refractivity contribution in [2.45, 2.75) is 88.9 Å². The summed E-state index contributed by atoms with van der Waals surface area (Å²) in [6.45, 7) is -2.26.